The molecule has 6 nitrogen and oxygen atoms in total. The molecule has 1 heterocycles. The van der Waals surface area contributed by atoms with Gasteiger partial charge in [-0.3, -0.25) is 0 Å². The average molecular weight is 299 g/mol. The molecule has 1 aromatic carbocycles. The lowest BCUT2D eigenvalue weighted by Crippen LogP contribution is -2.45. The number of aryl methyl sites for hydroxylation is 1. The quantitative estimate of drug-likeness (QED) is 0.808. The zero-order valence-corrected chi connectivity index (χ0v) is 11.7. The average Bonchev–Trinajstić information content (AvgIpc) is 2.44. The van der Waals surface area contributed by atoms with E-state index in [-0.39, 0.29) is 35.8 Å². The van der Waals surface area contributed by atoms with Gasteiger partial charge in [-0.25, -0.2) is 12.8 Å². The van der Waals surface area contributed by atoms with Gasteiger partial charge in [-0.1, -0.05) is 0 Å². The summed E-state index contributed by atoms with van der Waals surface area (Å²) in [6.45, 7) is 1.70. The topological polar surface area (TPSA) is 96.4 Å². The van der Waals surface area contributed by atoms with Gasteiger partial charge in [-0.05, 0) is 24.6 Å². The molecule has 1 unspecified atom stereocenters. The predicted octanol–water partition coefficient (Wildman–Crippen LogP) is 0.629. The lowest BCUT2D eigenvalue weighted by Gasteiger charge is -2.29. The summed E-state index contributed by atoms with van der Waals surface area (Å²) in [6, 6.07) is 4.20. The van der Waals surface area contributed by atoms with Gasteiger partial charge in [0.1, 0.15) is 5.82 Å². The maximum atomic E-state index is 13.5. The van der Waals surface area contributed by atoms with Crippen LogP contribution in [0.2, 0.25) is 0 Å². The third-order valence-electron chi connectivity index (χ3n) is 3.07. The number of hydrogen-bond acceptors (Lipinski definition) is 5. The molecule has 1 saturated heterocycles. The fraction of sp³-hybridized carbons (Fsp3) is 0.417. The van der Waals surface area contributed by atoms with Crippen LogP contribution in [0.15, 0.2) is 17.0 Å². The minimum absolute atomic E-state index is 0.0465. The Hall–Kier alpha value is -1.69. The van der Waals surface area contributed by atoms with Crippen molar-refractivity contribution in [3.8, 4) is 6.07 Å². The van der Waals surface area contributed by atoms with Crippen molar-refractivity contribution < 1.29 is 17.5 Å². The van der Waals surface area contributed by atoms with Gasteiger partial charge in [0.2, 0.25) is 10.0 Å². The van der Waals surface area contributed by atoms with Gasteiger partial charge in [0, 0.05) is 6.54 Å². The molecule has 0 saturated carbocycles. The van der Waals surface area contributed by atoms with E-state index in [0.29, 0.717) is 0 Å². The summed E-state index contributed by atoms with van der Waals surface area (Å²) < 4.78 is 44.6. The number of nitrogens with two attached hydrogens (primary N) is 1. The van der Waals surface area contributed by atoms with Crippen molar-refractivity contribution in [2.75, 3.05) is 25.4 Å². The number of halogens is 1. The van der Waals surface area contributed by atoms with Crippen molar-refractivity contribution in [3.63, 3.8) is 0 Å². The van der Waals surface area contributed by atoms with E-state index in [1.165, 1.54) is 13.0 Å². The van der Waals surface area contributed by atoms with Gasteiger partial charge in [0.05, 0.1) is 29.8 Å². The largest absolute Gasteiger partial charge is 0.396 e. The van der Waals surface area contributed by atoms with Crippen LogP contribution in [0, 0.1) is 24.1 Å². The SMILES string of the molecule is Cc1cc(S(=O)(=O)N2CCOC(C#N)C2)cc(N)c1F. The number of anilines is 1. The third kappa shape index (κ3) is 2.60. The number of rotatable bonds is 2. The smallest absolute Gasteiger partial charge is 0.243 e. The molecule has 0 bridgehead atoms. The molecule has 0 aromatic heterocycles. The minimum Gasteiger partial charge on any atom is -0.396 e. The van der Waals surface area contributed by atoms with Crippen LogP contribution in [-0.2, 0) is 14.8 Å². The first kappa shape index (κ1) is 14.7. The van der Waals surface area contributed by atoms with Gasteiger partial charge >= 0.3 is 0 Å². The summed E-state index contributed by atoms with van der Waals surface area (Å²) in [5, 5.41) is 8.80. The summed E-state index contributed by atoms with van der Waals surface area (Å²) in [4.78, 5) is -0.0764. The Kier molecular flexibility index (Phi) is 3.94. The Bertz CT molecular complexity index is 646. The molecule has 0 aliphatic carbocycles. The second-order valence-corrected chi connectivity index (χ2v) is 6.43. The molecule has 1 fully saturated rings. The van der Waals surface area contributed by atoms with Crippen LogP contribution in [0.1, 0.15) is 5.56 Å². The summed E-state index contributed by atoms with van der Waals surface area (Å²) in [7, 11) is -3.81. The molecule has 0 radical (unpaired) electrons. The number of nitriles is 1. The van der Waals surface area contributed by atoms with Crippen LogP contribution in [-0.4, -0.2) is 38.5 Å². The Labute approximate surface area is 116 Å². The van der Waals surface area contributed by atoms with E-state index >= 15 is 0 Å². The van der Waals surface area contributed by atoms with Crippen molar-refractivity contribution >= 4 is 15.7 Å². The van der Waals surface area contributed by atoms with Crippen LogP contribution < -0.4 is 5.73 Å². The minimum atomic E-state index is -3.81. The van der Waals surface area contributed by atoms with Crippen molar-refractivity contribution in [2.24, 2.45) is 0 Å². The molecule has 1 aliphatic rings. The summed E-state index contributed by atoms with van der Waals surface area (Å²) in [6.07, 6.45) is -0.794. The number of benzene rings is 1. The predicted molar refractivity (Wildman–Crippen MR) is 69.7 cm³/mol. The lowest BCUT2D eigenvalue weighted by atomic mass is 10.2. The van der Waals surface area contributed by atoms with E-state index in [1.807, 2.05) is 6.07 Å². The monoisotopic (exact) mass is 299 g/mol. The van der Waals surface area contributed by atoms with Crippen LogP contribution in [0.5, 0.6) is 0 Å². The van der Waals surface area contributed by atoms with Crippen molar-refractivity contribution in [3.05, 3.63) is 23.5 Å². The van der Waals surface area contributed by atoms with E-state index in [1.54, 1.807) is 0 Å². The number of sulfonamides is 1. The highest BCUT2D eigenvalue weighted by molar-refractivity contribution is 7.89. The van der Waals surface area contributed by atoms with Gasteiger partial charge in [0.15, 0.2) is 6.10 Å². The third-order valence-corrected chi connectivity index (χ3v) is 4.91. The maximum absolute atomic E-state index is 13.5. The van der Waals surface area contributed by atoms with E-state index in [4.69, 9.17) is 15.7 Å². The first-order valence-electron chi connectivity index (χ1n) is 5.93. The summed E-state index contributed by atoms with van der Waals surface area (Å²) >= 11 is 0. The molecule has 20 heavy (non-hydrogen) atoms. The number of nitrogen functional groups attached to an aromatic ring is 1. The second-order valence-electron chi connectivity index (χ2n) is 4.49. The molecule has 8 heteroatoms. The zero-order valence-electron chi connectivity index (χ0n) is 10.8. The van der Waals surface area contributed by atoms with Crippen LogP contribution in [0.3, 0.4) is 0 Å². The fourth-order valence-electron chi connectivity index (χ4n) is 1.98. The molecule has 0 amide bonds. The van der Waals surface area contributed by atoms with Crippen molar-refractivity contribution in [1.82, 2.24) is 4.31 Å². The normalized spacial score (nSPS) is 20.6. The Morgan fingerprint density at radius 2 is 2.25 bits per heavy atom. The van der Waals surface area contributed by atoms with Gasteiger partial charge in [-0.2, -0.15) is 9.57 Å². The lowest BCUT2D eigenvalue weighted by molar-refractivity contribution is 0.0311. The molecule has 2 rings (SSSR count). The molecular weight excluding hydrogens is 285 g/mol. The van der Waals surface area contributed by atoms with E-state index in [0.717, 1.165) is 10.4 Å². The second kappa shape index (κ2) is 5.36. The van der Waals surface area contributed by atoms with Crippen molar-refractivity contribution in [1.29, 1.82) is 5.26 Å². The molecule has 108 valence electrons. The van der Waals surface area contributed by atoms with Gasteiger partial charge in [-0.15, -0.1) is 0 Å². The summed E-state index contributed by atoms with van der Waals surface area (Å²) in [5.74, 6) is -0.624. The summed E-state index contributed by atoms with van der Waals surface area (Å²) in [5.41, 5.74) is 5.41. The zero-order chi connectivity index (χ0) is 14.9. The number of nitrogens with zero attached hydrogens (tertiary/aromatic N) is 2. The highest BCUT2D eigenvalue weighted by Gasteiger charge is 2.31. The van der Waals surface area contributed by atoms with E-state index in [2.05, 4.69) is 0 Å². The number of ether oxygens (including phenoxy) is 1. The van der Waals surface area contributed by atoms with Crippen LogP contribution >= 0.6 is 0 Å². The molecular formula is C12H14FN3O3S. The Morgan fingerprint density at radius 1 is 1.55 bits per heavy atom. The standard InChI is InChI=1S/C12H14FN3O3S/c1-8-4-10(5-11(15)12(8)13)20(17,18)16-2-3-19-9(6-14)7-16/h4-5,9H,2-3,7,15H2,1H3. The highest BCUT2D eigenvalue weighted by atomic mass is 32.2. The van der Waals surface area contributed by atoms with Gasteiger partial charge < -0.3 is 10.5 Å². The Morgan fingerprint density at radius 3 is 2.85 bits per heavy atom. The number of hydrogen-bond donors (Lipinski definition) is 1. The Balaban J connectivity index is 2.38. The molecule has 0 spiro atoms. The molecule has 1 aliphatic heterocycles. The van der Waals surface area contributed by atoms with Crippen LogP contribution in [0.4, 0.5) is 10.1 Å². The van der Waals surface area contributed by atoms with E-state index in [9.17, 15) is 12.8 Å². The highest BCUT2D eigenvalue weighted by Crippen LogP contribution is 2.24. The fourth-order valence-corrected chi connectivity index (χ4v) is 3.53. The number of morpholine rings is 1. The molecule has 2 N–H and O–H groups in total. The molecule has 1 atom stereocenters. The first-order valence-corrected chi connectivity index (χ1v) is 7.37. The molecule has 1 aromatic rings. The van der Waals surface area contributed by atoms with E-state index < -0.39 is 21.9 Å². The first-order chi connectivity index (χ1) is 9.36. The van der Waals surface area contributed by atoms with Crippen LogP contribution in [0.25, 0.3) is 0 Å². The van der Waals surface area contributed by atoms with Crippen molar-refractivity contribution in [2.45, 2.75) is 17.9 Å². The maximum Gasteiger partial charge on any atom is 0.243 e. The van der Waals surface area contributed by atoms with Gasteiger partial charge in [0.25, 0.3) is 0 Å².